The predicted octanol–water partition coefficient (Wildman–Crippen LogP) is 10.7. The molecule has 2 unspecified atom stereocenters. The first-order valence-electron chi connectivity index (χ1n) is 14.5. The first kappa shape index (κ1) is 30.3. The Kier molecular flexibility index (Phi) is 10.5. The van der Waals surface area contributed by atoms with E-state index in [9.17, 15) is 10.2 Å². The summed E-state index contributed by atoms with van der Waals surface area (Å²) in [7, 11) is 0. The summed E-state index contributed by atoms with van der Waals surface area (Å²) >= 11 is 0. The molecule has 2 atom stereocenters. The Morgan fingerprint density at radius 2 is 0.917 bits per heavy atom. The van der Waals surface area contributed by atoms with Crippen molar-refractivity contribution in [3.05, 3.63) is 46.5 Å². The van der Waals surface area contributed by atoms with E-state index >= 15 is 0 Å². The van der Waals surface area contributed by atoms with Gasteiger partial charge in [-0.2, -0.15) is 0 Å². The molecule has 2 N–H and O–H groups in total. The molecule has 0 aromatic heterocycles. The molecule has 0 spiro atoms. The number of hydrogen-bond acceptors (Lipinski definition) is 2. The van der Waals surface area contributed by atoms with E-state index in [2.05, 4.69) is 81.4 Å². The topological polar surface area (TPSA) is 40.5 Å². The van der Waals surface area contributed by atoms with Crippen molar-refractivity contribution >= 4 is 0 Å². The lowest BCUT2D eigenvalue weighted by Gasteiger charge is -2.31. The summed E-state index contributed by atoms with van der Waals surface area (Å²) in [5.41, 5.74) is 5.89. The highest BCUT2D eigenvalue weighted by atomic mass is 16.3. The largest absolute Gasteiger partial charge is 0.507 e. The first-order valence-corrected chi connectivity index (χ1v) is 14.5. The molecule has 0 aliphatic rings. The monoisotopic (exact) mass is 494 g/mol. The van der Waals surface area contributed by atoms with Crippen molar-refractivity contribution in [1.82, 2.24) is 0 Å². The summed E-state index contributed by atoms with van der Waals surface area (Å²) in [6, 6.07) is 8.58. The van der Waals surface area contributed by atoms with Gasteiger partial charge in [0.2, 0.25) is 0 Å². The maximum Gasteiger partial charge on any atom is 0.124 e. The van der Waals surface area contributed by atoms with Gasteiger partial charge in [0, 0.05) is 11.1 Å². The Balaban J connectivity index is 2.85. The normalized spacial score (nSPS) is 14.2. The quantitative estimate of drug-likeness (QED) is 0.326. The van der Waals surface area contributed by atoms with Gasteiger partial charge in [0.1, 0.15) is 11.5 Å². The minimum Gasteiger partial charge on any atom is -0.507 e. The fourth-order valence-corrected chi connectivity index (χ4v) is 5.59. The minimum absolute atomic E-state index is 0.181. The molecule has 2 aromatic carbocycles. The number of phenols is 2. The minimum atomic E-state index is -0.181. The molecule has 0 saturated heterocycles. The smallest absolute Gasteiger partial charge is 0.124 e. The van der Waals surface area contributed by atoms with Crippen LogP contribution in [0, 0.1) is 0 Å². The summed E-state index contributed by atoms with van der Waals surface area (Å²) in [5.74, 6) is 1.46. The Morgan fingerprint density at radius 3 is 1.17 bits per heavy atom. The van der Waals surface area contributed by atoms with Gasteiger partial charge in [-0.3, -0.25) is 0 Å². The number of phenolic OH excluding ortho intramolecular Hbond substituents is 2. The molecule has 36 heavy (non-hydrogen) atoms. The molecule has 0 fully saturated rings. The molecular formula is C34H54O2. The number of benzene rings is 2. The second kappa shape index (κ2) is 12.5. The summed E-state index contributed by atoms with van der Waals surface area (Å²) in [4.78, 5) is 0. The van der Waals surface area contributed by atoms with Crippen molar-refractivity contribution in [1.29, 1.82) is 0 Å². The van der Waals surface area contributed by atoms with E-state index in [1.165, 1.54) is 36.8 Å². The maximum absolute atomic E-state index is 11.6. The number of aromatic hydroxyl groups is 2. The highest BCUT2D eigenvalue weighted by Crippen LogP contribution is 2.50. The molecule has 0 amide bonds. The highest BCUT2D eigenvalue weighted by molar-refractivity contribution is 5.83. The highest BCUT2D eigenvalue weighted by Gasteiger charge is 2.31. The van der Waals surface area contributed by atoms with E-state index in [0.29, 0.717) is 23.3 Å². The van der Waals surface area contributed by atoms with Crippen molar-refractivity contribution in [2.75, 3.05) is 0 Å². The fourth-order valence-electron chi connectivity index (χ4n) is 5.59. The van der Waals surface area contributed by atoms with Crippen LogP contribution >= 0.6 is 0 Å². The zero-order valence-electron chi connectivity index (χ0n) is 25.0. The van der Waals surface area contributed by atoms with Gasteiger partial charge in [-0.1, -0.05) is 107 Å². The van der Waals surface area contributed by atoms with Crippen LogP contribution in [-0.4, -0.2) is 10.2 Å². The van der Waals surface area contributed by atoms with E-state index in [-0.39, 0.29) is 10.8 Å². The molecule has 2 nitrogen and oxygen atoms in total. The molecule has 202 valence electrons. The molecule has 0 saturated carbocycles. The number of rotatable bonds is 11. The van der Waals surface area contributed by atoms with E-state index < -0.39 is 0 Å². The summed E-state index contributed by atoms with van der Waals surface area (Å²) < 4.78 is 0. The standard InChI is InChI=1S/C34H54O2/c1-11-15-17-23(13-3)25-19-27(33(5,6)7)31(29(35)21-25)32-28(34(8,9)10)20-26(22-30(32)36)24(14-4)18-16-12-2/h19-24,35-36H,11-18H2,1-10H3. The Labute approximate surface area is 222 Å². The Hall–Kier alpha value is -1.96. The average Bonchev–Trinajstić information content (AvgIpc) is 2.78. The van der Waals surface area contributed by atoms with Crippen molar-refractivity contribution in [2.45, 2.75) is 143 Å². The van der Waals surface area contributed by atoms with E-state index in [0.717, 1.165) is 47.9 Å². The van der Waals surface area contributed by atoms with Crippen molar-refractivity contribution in [2.24, 2.45) is 0 Å². The zero-order chi connectivity index (χ0) is 27.3. The van der Waals surface area contributed by atoms with Crippen LogP contribution in [0.2, 0.25) is 0 Å². The van der Waals surface area contributed by atoms with Crippen molar-refractivity contribution in [3.63, 3.8) is 0 Å². The average molecular weight is 495 g/mol. The van der Waals surface area contributed by atoms with Crippen LogP contribution in [0.1, 0.15) is 155 Å². The van der Waals surface area contributed by atoms with Crippen molar-refractivity contribution < 1.29 is 10.2 Å². The van der Waals surface area contributed by atoms with E-state index in [1.807, 2.05) is 12.1 Å². The third kappa shape index (κ3) is 7.08. The molecule has 2 aromatic rings. The molecular weight excluding hydrogens is 440 g/mol. The van der Waals surface area contributed by atoms with Gasteiger partial charge in [-0.05, 0) is 82.7 Å². The lowest BCUT2D eigenvalue weighted by atomic mass is 9.73. The lowest BCUT2D eigenvalue weighted by Crippen LogP contribution is -2.18. The van der Waals surface area contributed by atoms with E-state index in [1.54, 1.807) is 0 Å². The van der Waals surface area contributed by atoms with Crippen LogP contribution in [-0.2, 0) is 10.8 Å². The maximum atomic E-state index is 11.6. The number of unbranched alkanes of at least 4 members (excludes halogenated alkanes) is 2. The molecule has 0 heterocycles. The molecule has 0 aliphatic carbocycles. The lowest BCUT2D eigenvalue weighted by molar-refractivity contribution is 0.459. The van der Waals surface area contributed by atoms with Crippen LogP contribution in [0.25, 0.3) is 11.1 Å². The molecule has 0 radical (unpaired) electrons. The Morgan fingerprint density at radius 1 is 0.583 bits per heavy atom. The van der Waals surface area contributed by atoms with Gasteiger partial charge < -0.3 is 10.2 Å². The van der Waals surface area contributed by atoms with Crippen LogP contribution in [0.3, 0.4) is 0 Å². The van der Waals surface area contributed by atoms with Crippen LogP contribution < -0.4 is 0 Å². The van der Waals surface area contributed by atoms with Gasteiger partial charge in [0.15, 0.2) is 0 Å². The predicted molar refractivity (Wildman–Crippen MR) is 158 cm³/mol. The fraction of sp³-hybridized carbons (Fsp3) is 0.647. The molecule has 2 heteroatoms. The van der Waals surface area contributed by atoms with Gasteiger partial charge in [-0.25, -0.2) is 0 Å². The SMILES string of the molecule is CCCCC(CC)c1cc(O)c(-c2c(O)cc(C(CC)CCCC)cc2C(C)(C)C)c(C(C)(C)C)c1. The summed E-state index contributed by atoms with van der Waals surface area (Å²) in [6.45, 7) is 22.2. The number of hydrogen-bond donors (Lipinski definition) is 2. The van der Waals surface area contributed by atoms with E-state index in [4.69, 9.17) is 0 Å². The van der Waals surface area contributed by atoms with Gasteiger partial charge in [-0.15, -0.1) is 0 Å². The van der Waals surface area contributed by atoms with Crippen LogP contribution in [0.15, 0.2) is 24.3 Å². The molecule has 0 aliphatic heterocycles. The Bertz CT molecular complexity index is 906. The van der Waals surface area contributed by atoms with Gasteiger partial charge >= 0.3 is 0 Å². The third-order valence-electron chi connectivity index (χ3n) is 7.89. The van der Waals surface area contributed by atoms with Gasteiger partial charge in [0.05, 0.1) is 0 Å². The van der Waals surface area contributed by atoms with Crippen molar-refractivity contribution in [3.8, 4) is 22.6 Å². The first-order chi connectivity index (χ1) is 16.8. The zero-order valence-corrected chi connectivity index (χ0v) is 25.0. The van der Waals surface area contributed by atoms with Crippen LogP contribution in [0.4, 0.5) is 0 Å². The summed E-state index contributed by atoms with van der Waals surface area (Å²) in [6.07, 6.45) is 9.14. The third-order valence-corrected chi connectivity index (χ3v) is 7.89. The van der Waals surface area contributed by atoms with Gasteiger partial charge in [0.25, 0.3) is 0 Å². The second-order valence-electron chi connectivity index (χ2n) is 12.9. The molecule has 0 bridgehead atoms. The summed E-state index contributed by atoms with van der Waals surface area (Å²) in [5, 5.41) is 23.2. The van der Waals surface area contributed by atoms with Crippen LogP contribution in [0.5, 0.6) is 11.5 Å². The second-order valence-corrected chi connectivity index (χ2v) is 12.9. The molecule has 2 rings (SSSR count).